The van der Waals surface area contributed by atoms with Crippen LogP contribution in [0.15, 0.2) is 64.3 Å². The van der Waals surface area contributed by atoms with E-state index in [1.165, 1.54) is 28.8 Å². The van der Waals surface area contributed by atoms with E-state index in [4.69, 9.17) is 4.42 Å². The number of carbonyl (C=O) groups excluding carboxylic acids is 1. The van der Waals surface area contributed by atoms with Gasteiger partial charge >= 0.3 is 5.76 Å². The molecule has 0 bridgehead atoms. The molecule has 3 aromatic rings. The van der Waals surface area contributed by atoms with Crippen LogP contribution in [0.5, 0.6) is 0 Å². The fourth-order valence-corrected chi connectivity index (χ4v) is 2.24. The van der Waals surface area contributed by atoms with Crippen molar-refractivity contribution >= 4 is 22.7 Å². The molecular weight excluding hydrogens is 299 g/mol. The number of rotatable bonds is 4. The van der Waals surface area contributed by atoms with Crippen molar-refractivity contribution in [3.8, 4) is 0 Å². The van der Waals surface area contributed by atoms with E-state index >= 15 is 0 Å². The number of aromatic nitrogens is 1. The van der Waals surface area contributed by atoms with Crippen LogP contribution in [0.3, 0.4) is 0 Å². The quantitative estimate of drug-likeness (QED) is 0.753. The number of nitrogens with one attached hydrogen (secondary N) is 1. The minimum atomic E-state index is -0.504. The first-order valence-electron chi connectivity index (χ1n) is 6.89. The lowest BCUT2D eigenvalue weighted by molar-refractivity contribution is 0.102. The minimum Gasteiger partial charge on any atom is -0.408 e. The van der Waals surface area contributed by atoms with Gasteiger partial charge in [-0.05, 0) is 42.5 Å². The number of benzene rings is 2. The van der Waals surface area contributed by atoms with Crippen molar-refractivity contribution in [2.45, 2.75) is 6.54 Å². The summed E-state index contributed by atoms with van der Waals surface area (Å²) in [6.07, 6.45) is 1.57. The van der Waals surface area contributed by atoms with E-state index in [0.29, 0.717) is 22.4 Å². The predicted octanol–water partition coefficient (Wildman–Crippen LogP) is 3.17. The van der Waals surface area contributed by atoms with Gasteiger partial charge in [-0.15, -0.1) is 6.58 Å². The van der Waals surface area contributed by atoms with Gasteiger partial charge in [-0.2, -0.15) is 0 Å². The van der Waals surface area contributed by atoms with Gasteiger partial charge in [0.15, 0.2) is 5.58 Å². The molecule has 23 heavy (non-hydrogen) atoms. The topological polar surface area (TPSA) is 64.2 Å². The highest BCUT2D eigenvalue weighted by Gasteiger charge is 2.12. The molecular formula is C17H13FN2O3. The second kappa shape index (κ2) is 5.92. The Balaban J connectivity index is 1.94. The van der Waals surface area contributed by atoms with Gasteiger partial charge in [0, 0.05) is 17.8 Å². The number of nitrogens with zero attached hydrogens (tertiary/aromatic N) is 1. The van der Waals surface area contributed by atoms with Crippen LogP contribution in [0, 0.1) is 5.82 Å². The number of anilines is 1. The Hall–Kier alpha value is -3.15. The van der Waals surface area contributed by atoms with Gasteiger partial charge < -0.3 is 9.73 Å². The summed E-state index contributed by atoms with van der Waals surface area (Å²) in [6.45, 7) is 3.88. The van der Waals surface area contributed by atoms with Crippen LogP contribution in [-0.4, -0.2) is 10.5 Å². The molecule has 2 aromatic carbocycles. The van der Waals surface area contributed by atoms with E-state index in [-0.39, 0.29) is 18.3 Å². The third-order valence-electron chi connectivity index (χ3n) is 3.34. The molecule has 0 atom stereocenters. The van der Waals surface area contributed by atoms with E-state index in [2.05, 4.69) is 11.9 Å². The zero-order chi connectivity index (χ0) is 16.4. The Labute approximate surface area is 130 Å². The summed E-state index contributed by atoms with van der Waals surface area (Å²) in [4.78, 5) is 24.0. The van der Waals surface area contributed by atoms with Gasteiger partial charge in [-0.1, -0.05) is 6.08 Å². The number of oxazole rings is 1. The summed E-state index contributed by atoms with van der Waals surface area (Å²) in [6, 6.07) is 10.2. The highest BCUT2D eigenvalue weighted by atomic mass is 19.1. The van der Waals surface area contributed by atoms with E-state index in [1.807, 2.05) is 0 Å². The summed E-state index contributed by atoms with van der Waals surface area (Å²) in [5, 5.41) is 2.66. The normalized spacial score (nSPS) is 10.7. The van der Waals surface area contributed by atoms with Crippen LogP contribution in [0.4, 0.5) is 10.1 Å². The van der Waals surface area contributed by atoms with Crippen LogP contribution in [0.25, 0.3) is 11.1 Å². The molecule has 0 aliphatic carbocycles. The highest BCUT2D eigenvalue weighted by Crippen LogP contribution is 2.17. The van der Waals surface area contributed by atoms with E-state index < -0.39 is 5.76 Å². The van der Waals surface area contributed by atoms with Crippen LogP contribution in [0.1, 0.15) is 10.4 Å². The average molecular weight is 312 g/mol. The molecule has 0 saturated carbocycles. The summed E-state index contributed by atoms with van der Waals surface area (Å²) in [5.74, 6) is -1.25. The van der Waals surface area contributed by atoms with E-state index in [9.17, 15) is 14.0 Å². The number of halogens is 1. The monoisotopic (exact) mass is 312 g/mol. The van der Waals surface area contributed by atoms with E-state index in [0.717, 1.165) is 0 Å². The molecule has 1 N–H and O–H groups in total. The lowest BCUT2D eigenvalue weighted by atomic mass is 10.2. The highest BCUT2D eigenvalue weighted by molar-refractivity contribution is 6.05. The van der Waals surface area contributed by atoms with E-state index in [1.54, 1.807) is 24.3 Å². The molecule has 0 aliphatic rings. The first kappa shape index (κ1) is 14.8. The Bertz CT molecular complexity index is 939. The molecule has 116 valence electrons. The summed E-state index contributed by atoms with van der Waals surface area (Å²) >= 11 is 0. The van der Waals surface area contributed by atoms with Gasteiger partial charge in [0.05, 0.1) is 5.52 Å². The van der Waals surface area contributed by atoms with Gasteiger partial charge in [-0.3, -0.25) is 9.36 Å². The van der Waals surface area contributed by atoms with Gasteiger partial charge in [0.1, 0.15) is 5.82 Å². The zero-order valence-corrected chi connectivity index (χ0v) is 12.1. The number of amides is 1. The number of carbonyl (C=O) groups is 1. The number of hydrogen-bond acceptors (Lipinski definition) is 3. The number of hydrogen-bond donors (Lipinski definition) is 1. The average Bonchev–Trinajstić information content (AvgIpc) is 2.85. The van der Waals surface area contributed by atoms with Crippen molar-refractivity contribution in [2.24, 2.45) is 0 Å². The maximum atomic E-state index is 12.9. The molecule has 0 saturated heterocycles. The van der Waals surface area contributed by atoms with Crippen molar-refractivity contribution in [2.75, 3.05) is 5.32 Å². The first-order chi connectivity index (χ1) is 11.1. The predicted molar refractivity (Wildman–Crippen MR) is 85.0 cm³/mol. The Morgan fingerprint density at radius 1 is 1.26 bits per heavy atom. The molecule has 0 unspecified atom stereocenters. The second-order valence-electron chi connectivity index (χ2n) is 4.91. The van der Waals surface area contributed by atoms with Crippen LogP contribution < -0.4 is 11.1 Å². The third kappa shape index (κ3) is 2.91. The molecule has 0 spiro atoms. The summed E-state index contributed by atoms with van der Waals surface area (Å²) in [5.41, 5.74) is 1.75. The van der Waals surface area contributed by atoms with Gasteiger partial charge in [0.25, 0.3) is 5.91 Å². The molecule has 1 amide bonds. The lowest BCUT2D eigenvalue weighted by Crippen LogP contribution is -2.14. The molecule has 0 fully saturated rings. The third-order valence-corrected chi connectivity index (χ3v) is 3.34. The maximum absolute atomic E-state index is 12.9. The molecule has 3 rings (SSSR count). The fourth-order valence-electron chi connectivity index (χ4n) is 2.24. The van der Waals surface area contributed by atoms with Crippen LogP contribution >= 0.6 is 0 Å². The second-order valence-corrected chi connectivity index (χ2v) is 4.91. The first-order valence-corrected chi connectivity index (χ1v) is 6.89. The molecule has 0 aliphatic heterocycles. The molecule has 5 nitrogen and oxygen atoms in total. The largest absolute Gasteiger partial charge is 0.420 e. The van der Waals surface area contributed by atoms with Crippen molar-refractivity contribution in [3.63, 3.8) is 0 Å². The number of allylic oxidation sites excluding steroid dienone is 1. The molecule has 6 heteroatoms. The molecule has 1 aromatic heterocycles. The van der Waals surface area contributed by atoms with Crippen LogP contribution in [0.2, 0.25) is 0 Å². The molecule has 1 heterocycles. The zero-order valence-electron chi connectivity index (χ0n) is 12.1. The lowest BCUT2D eigenvalue weighted by Gasteiger charge is -2.05. The van der Waals surface area contributed by atoms with Crippen molar-refractivity contribution in [3.05, 3.63) is 77.1 Å². The number of fused-ring (bicyclic) bond motifs is 1. The SMILES string of the molecule is C=CCn1c(=O)oc2ccc(C(=O)Nc3ccc(F)cc3)cc21. The minimum absolute atomic E-state index is 0.287. The summed E-state index contributed by atoms with van der Waals surface area (Å²) in [7, 11) is 0. The maximum Gasteiger partial charge on any atom is 0.420 e. The summed E-state index contributed by atoms with van der Waals surface area (Å²) < 4.78 is 19.4. The standard InChI is InChI=1S/C17H13FN2O3/c1-2-9-20-14-10-11(3-8-15(14)23-17(20)22)16(21)19-13-6-4-12(18)5-7-13/h2-8,10H,1,9H2,(H,19,21). The Morgan fingerprint density at radius 2 is 2.00 bits per heavy atom. The fraction of sp³-hybridized carbons (Fsp3) is 0.0588. The van der Waals surface area contributed by atoms with Gasteiger partial charge in [0.2, 0.25) is 0 Å². The smallest absolute Gasteiger partial charge is 0.408 e. The Kier molecular flexibility index (Phi) is 3.80. The van der Waals surface area contributed by atoms with Crippen molar-refractivity contribution in [1.82, 2.24) is 4.57 Å². The van der Waals surface area contributed by atoms with Crippen molar-refractivity contribution in [1.29, 1.82) is 0 Å². The van der Waals surface area contributed by atoms with Crippen molar-refractivity contribution < 1.29 is 13.6 Å². The van der Waals surface area contributed by atoms with Crippen LogP contribution in [-0.2, 0) is 6.54 Å². The Morgan fingerprint density at radius 3 is 2.70 bits per heavy atom. The molecule has 0 radical (unpaired) electrons. The van der Waals surface area contributed by atoms with Gasteiger partial charge in [-0.25, -0.2) is 9.18 Å².